The van der Waals surface area contributed by atoms with Crippen LogP contribution in [0.2, 0.25) is 0 Å². The minimum Gasteiger partial charge on any atom is -0.454 e. The van der Waals surface area contributed by atoms with Crippen LogP contribution in [-0.2, 0) is 11.3 Å². The molecule has 2 aliphatic heterocycles. The number of rotatable bonds is 4. The average Bonchev–Trinajstić information content (AvgIpc) is 3.30. The molecular formula is C18H21N3O4S. The first-order valence-corrected chi connectivity index (χ1v) is 9.08. The van der Waals surface area contributed by atoms with Crippen LogP contribution in [0.5, 0.6) is 11.5 Å². The number of aromatic amines is 1. The van der Waals surface area contributed by atoms with E-state index in [1.165, 1.54) is 0 Å². The van der Waals surface area contributed by atoms with E-state index in [0.717, 1.165) is 30.4 Å². The number of pyridine rings is 1. The van der Waals surface area contributed by atoms with Crippen LogP contribution in [0.3, 0.4) is 0 Å². The highest BCUT2D eigenvalue weighted by atomic mass is 32.1. The van der Waals surface area contributed by atoms with Crippen LogP contribution in [-0.4, -0.2) is 48.1 Å². The van der Waals surface area contributed by atoms with Crippen molar-refractivity contribution in [1.82, 2.24) is 15.2 Å². The Morgan fingerprint density at radius 3 is 2.88 bits per heavy atom. The zero-order chi connectivity index (χ0) is 18.1. The van der Waals surface area contributed by atoms with Crippen molar-refractivity contribution in [2.45, 2.75) is 25.5 Å². The summed E-state index contributed by atoms with van der Waals surface area (Å²) >= 11 is 5.43. The molecule has 1 fully saturated rings. The lowest BCUT2D eigenvalue weighted by Gasteiger charge is -2.27. The second kappa shape index (κ2) is 7.13. The molecule has 7 nitrogen and oxygen atoms in total. The van der Waals surface area contributed by atoms with Crippen molar-refractivity contribution >= 4 is 28.2 Å². The van der Waals surface area contributed by atoms with Gasteiger partial charge in [-0.05, 0) is 37.2 Å². The number of hydrogen-bond donors (Lipinski definition) is 2. The molecule has 0 spiro atoms. The molecule has 138 valence electrons. The molecule has 0 amide bonds. The zero-order valence-electron chi connectivity index (χ0n) is 14.5. The van der Waals surface area contributed by atoms with Crippen molar-refractivity contribution in [3.8, 4) is 11.5 Å². The molecule has 26 heavy (non-hydrogen) atoms. The predicted octanol–water partition coefficient (Wildman–Crippen LogP) is 1.74. The Hall–Kier alpha value is -2.32. The molecule has 2 aliphatic rings. The molecule has 0 bridgehead atoms. The molecule has 3 heterocycles. The summed E-state index contributed by atoms with van der Waals surface area (Å²) in [6, 6.07) is 5.57. The molecule has 1 aromatic heterocycles. The number of nitrogens with one attached hydrogen (secondary N) is 2. The third-order valence-corrected chi connectivity index (χ3v) is 5.19. The van der Waals surface area contributed by atoms with Crippen molar-refractivity contribution in [1.29, 1.82) is 0 Å². The van der Waals surface area contributed by atoms with Crippen LogP contribution in [0.25, 0.3) is 10.9 Å². The van der Waals surface area contributed by atoms with Gasteiger partial charge >= 0.3 is 0 Å². The van der Waals surface area contributed by atoms with Crippen LogP contribution >= 0.6 is 12.2 Å². The van der Waals surface area contributed by atoms with E-state index in [-0.39, 0.29) is 18.5 Å². The molecule has 0 unspecified atom stereocenters. The third kappa shape index (κ3) is 3.34. The number of nitrogens with zero attached hydrogens (tertiary/aromatic N) is 1. The minimum absolute atomic E-state index is 0.132. The minimum atomic E-state index is -0.132. The molecule has 4 rings (SSSR count). The second-order valence-electron chi connectivity index (χ2n) is 6.49. The van der Waals surface area contributed by atoms with Crippen molar-refractivity contribution in [3.63, 3.8) is 0 Å². The first-order chi connectivity index (χ1) is 12.6. The number of fused-ring (bicyclic) bond motifs is 2. The van der Waals surface area contributed by atoms with E-state index in [0.29, 0.717) is 35.3 Å². The fourth-order valence-electron chi connectivity index (χ4n) is 3.38. The highest BCUT2D eigenvalue weighted by Crippen LogP contribution is 2.35. The lowest BCUT2D eigenvalue weighted by molar-refractivity contribution is 0.0898. The number of benzene rings is 1. The van der Waals surface area contributed by atoms with Crippen molar-refractivity contribution < 1.29 is 14.2 Å². The number of ether oxygens (including phenoxy) is 3. The Morgan fingerprint density at radius 2 is 2.15 bits per heavy atom. The van der Waals surface area contributed by atoms with Gasteiger partial charge in [-0.1, -0.05) is 0 Å². The maximum absolute atomic E-state index is 12.6. The normalized spacial score (nSPS) is 18.3. The molecule has 0 saturated carbocycles. The lowest BCUT2D eigenvalue weighted by atomic mass is 10.1. The van der Waals surface area contributed by atoms with Gasteiger partial charge in [-0.3, -0.25) is 4.79 Å². The van der Waals surface area contributed by atoms with E-state index in [1.807, 2.05) is 17.0 Å². The first kappa shape index (κ1) is 17.1. The average molecular weight is 375 g/mol. The molecule has 8 heteroatoms. The summed E-state index contributed by atoms with van der Waals surface area (Å²) in [6.45, 7) is 2.07. The summed E-state index contributed by atoms with van der Waals surface area (Å²) in [7, 11) is 1.79. The van der Waals surface area contributed by atoms with Gasteiger partial charge in [-0.15, -0.1) is 0 Å². The molecule has 1 saturated heterocycles. The van der Waals surface area contributed by atoms with Gasteiger partial charge in [0.1, 0.15) is 0 Å². The molecule has 1 atom stereocenters. The smallest absolute Gasteiger partial charge is 0.253 e. The second-order valence-corrected chi connectivity index (χ2v) is 6.87. The van der Waals surface area contributed by atoms with Gasteiger partial charge in [0.15, 0.2) is 16.6 Å². The fourth-order valence-corrected chi connectivity index (χ4v) is 3.51. The molecule has 0 aliphatic carbocycles. The monoisotopic (exact) mass is 375 g/mol. The predicted molar refractivity (Wildman–Crippen MR) is 102 cm³/mol. The summed E-state index contributed by atoms with van der Waals surface area (Å²) < 4.78 is 16.5. The Labute approximate surface area is 156 Å². The quantitative estimate of drug-likeness (QED) is 0.789. The molecule has 2 N–H and O–H groups in total. The van der Waals surface area contributed by atoms with Gasteiger partial charge in [-0.2, -0.15) is 0 Å². The van der Waals surface area contributed by atoms with Gasteiger partial charge < -0.3 is 29.4 Å². The van der Waals surface area contributed by atoms with E-state index in [1.54, 1.807) is 13.1 Å². The van der Waals surface area contributed by atoms with Crippen LogP contribution in [0, 0.1) is 0 Å². The first-order valence-electron chi connectivity index (χ1n) is 8.68. The number of thiocarbonyl (C=S) groups is 1. The van der Waals surface area contributed by atoms with E-state index in [2.05, 4.69) is 10.3 Å². The van der Waals surface area contributed by atoms with Gasteiger partial charge in [0.05, 0.1) is 18.2 Å². The summed E-state index contributed by atoms with van der Waals surface area (Å²) in [6.07, 6.45) is 2.23. The summed E-state index contributed by atoms with van der Waals surface area (Å²) in [5, 5.41) is 4.50. The number of hydrogen-bond acceptors (Lipinski definition) is 5. The van der Waals surface area contributed by atoms with Crippen molar-refractivity contribution in [3.05, 3.63) is 34.1 Å². The van der Waals surface area contributed by atoms with Gasteiger partial charge in [-0.25, -0.2) is 0 Å². The van der Waals surface area contributed by atoms with Crippen molar-refractivity contribution in [2.24, 2.45) is 0 Å². The molecule has 1 aromatic carbocycles. The summed E-state index contributed by atoms with van der Waals surface area (Å²) in [5.74, 6) is 1.34. The zero-order valence-corrected chi connectivity index (χ0v) is 15.4. The number of H-pyrrole nitrogens is 1. The third-order valence-electron chi connectivity index (χ3n) is 4.72. The summed E-state index contributed by atoms with van der Waals surface area (Å²) in [5.41, 5.74) is 1.24. The van der Waals surface area contributed by atoms with Crippen LogP contribution in [0.1, 0.15) is 18.4 Å². The van der Waals surface area contributed by atoms with E-state index >= 15 is 0 Å². The molecule has 0 radical (unpaired) electrons. The number of aromatic nitrogens is 1. The van der Waals surface area contributed by atoms with Crippen LogP contribution < -0.4 is 20.3 Å². The molecule has 2 aromatic rings. The van der Waals surface area contributed by atoms with Gasteiger partial charge in [0, 0.05) is 37.2 Å². The van der Waals surface area contributed by atoms with Crippen molar-refractivity contribution in [2.75, 3.05) is 27.0 Å². The van der Waals surface area contributed by atoms with Crippen LogP contribution in [0.15, 0.2) is 23.0 Å². The highest BCUT2D eigenvalue weighted by molar-refractivity contribution is 7.80. The SMILES string of the molecule is CNC(=S)N(Cc1cc2cc3c(cc2[nH]c1=O)OCO3)C[C@@H]1CCCO1. The van der Waals surface area contributed by atoms with E-state index < -0.39 is 0 Å². The Kier molecular flexibility index (Phi) is 4.69. The van der Waals surface area contributed by atoms with Gasteiger partial charge in [0.2, 0.25) is 6.79 Å². The fraction of sp³-hybridized carbons (Fsp3) is 0.444. The Bertz CT molecular complexity index is 892. The topological polar surface area (TPSA) is 75.8 Å². The molecular weight excluding hydrogens is 354 g/mol. The Morgan fingerprint density at radius 1 is 1.35 bits per heavy atom. The lowest BCUT2D eigenvalue weighted by Crippen LogP contribution is -2.42. The van der Waals surface area contributed by atoms with E-state index in [9.17, 15) is 4.79 Å². The van der Waals surface area contributed by atoms with E-state index in [4.69, 9.17) is 26.4 Å². The van der Waals surface area contributed by atoms with Crippen LogP contribution in [0.4, 0.5) is 0 Å². The maximum atomic E-state index is 12.6. The Balaban J connectivity index is 1.63. The highest BCUT2D eigenvalue weighted by Gasteiger charge is 2.22. The maximum Gasteiger partial charge on any atom is 0.253 e. The largest absolute Gasteiger partial charge is 0.454 e. The van der Waals surface area contributed by atoms with Gasteiger partial charge in [0.25, 0.3) is 5.56 Å². The summed E-state index contributed by atoms with van der Waals surface area (Å²) in [4.78, 5) is 17.5. The standard InChI is InChI=1S/C18H21N3O4S/c1-19-18(26)21(9-13-3-2-4-23-13)8-12-5-11-6-15-16(25-10-24-15)7-14(11)20-17(12)22/h5-7,13H,2-4,8-10H2,1H3,(H,19,26)(H,20,22)/t13-/m0/s1.